The maximum atomic E-state index is 14.0. The molecule has 0 saturated heterocycles. The van der Waals surface area contributed by atoms with Crippen molar-refractivity contribution in [1.82, 2.24) is 0 Å². The number of amides is 2. The van der Waals surface area contributed by atoms with Gasteiger partial charge in [-0.15, -0.1) is 0 Å². The number of benzene rings is 4. The molecule has 1 heterocycles. The third-order valence-corrected chi connectivity index (χ3v) is 6.26. The number of fused-ring (bicyclic) bond motifs is 2. The number of imide groups is 1. The third kappa shape index (κ3) is 4.57. The summed E-state index contributed by atoms with van der Waals surface area (Å²) in [6, 6.07) is 21.2. The number of halogens is 1. The lowest BCUT2D eigenvalue weighted by Crippen LogP contribution is -2.29. The van der Waals surface area contributed by atoms with Crippen molar-refractivity contribution in [3.63, 3.8) is 0 Å². The Morgan fingerprint density at radius 2 is 1.47 bits per heavy atom. The van der Waals surface area contributed by atoms with E-state index in [2.05, 4.69) is 0 Å². The molecule has 0 aromatic heterocycles. The molecule has 0 spiro atoms. The fraction of sp³-hybridized carbons (Fsp3) is 0.167. The fourth-order valence-corrected chi connectivity index (χ4v) is 4.71. The van der Waals surface area contributed by atoms with Gasteiger partial charge in [0.2, 0.25) is 0 Å². The Hall–Kier alpha value is -4.36. The number of carbonyl (C=O) groups is 3. The van der Waals surface area contributed by atoms with E-state index in [1.165, 1.54) is 25.1 Å². The topological polar surface area (TPSA) is 82.1 Å². The normalized spacial score (nSPS) is 12.7. The molecule has 4 aromatic rings. The average Bonchev–Trinajstić information content (AvgIpc) is 3.14. The molecular formula is C30H24ClNO6. The van der Waals surface area contributed by atoms with E-state index in [1.807, 2.05) is 68.4 Å². The predicted octanol–water partition coefficient (Wildman–Crippen LogP) is 6.59. The first-order valence-electron chi connectivity index (χ1n) is 12.0. The Labute approximate surface area is 224 Å². The molecule has 0 fully saturated rings. The number of nitrogens with zero attached hydrogens (tertiary/aromatic N) is 1. The van der Waals surface area contributed by atoms with E-state index in [1.54, 1.807) is 0 Å². The molecule has 4 aromatic carbocycles. The highest BCUT2D eigenvalue weighted by Crippen LogP contribution is 2.47. The second kappa shape index (κ2) is 10.2. The highest BCUT2D eigenvalue weighted by Gasteiger charge is 2.44. The van der Waals surface area contributed by atoms with Crippen LogP contribution < -0.4 is 19.1 Å². The van der Waals surface area contributed by atoms with E-state index in [-0.39, 0.29) is 40.3 Å². The van der Waals surface area contributed by atoms with E-state index in [0.29, 0.717) is 22.3 Å². The number of ether oxygens (including phenoxy) is 3. The first-order valence-corrected chi connectivity index (χ1v) is 12.4. The highest BCUT2D eigenvalue weighted by atomic mass is 35.5. The number of esters is 1. The minimum Gasteiger partial charge on any atom is -0.489 e. The smallest absolute Gasteiger partial charge is 0.308 e. The number of carbonyl (C=O) groups excluding carboxylic acids is 3. The summed E-state index contributed by atoms with van der Waals surface area (Å²) in [5.41, 5.74) is 1.29. The molecular weight excluding hydrogens is 506 g/mol. The quantitative estimate of drug-likeness (QED) is 0.153. The van der Waals surface area contributed by atoms with E-state index >= 15 is 0 Å². The van der Waals surface area contributed by atoms with Gasteiger partial charge in [0, 0.05) is 23.8 Å². The number of hydrogen-bond acceptors (Lipinski definition) is 6. The molecule has 7 nitrogen and oxygen atoms in total. The minimum absolute atomic E-state index is 0.0703. The Morgan fingerprint density at radius 1 is 0.868 bits per heavy atom. The van der Waals surface area contributed by atoms with Crippen molar-refractivity contribution in [2.45, 2.75) is 33.5 Å². The molecule has 0 N–H and O–H groups in total. The highest BCUT2D eigenvalue weighted by molar-refractivity contribution is 6.41. The molecule has 5 rings (SSSR count). The molecule has 1 aliphatic heterocycles. The zero-order valence-electron chi connectivity index (χ0n) is 21.0. The van der Waals surface area contributed by atoms with Gasteiger partial charge in [-0.3, -0.25) is 14.4 Å². The first kappa shape index (κ1) is 25.3. The average molecular weight is 530 g/mol. The van der Waals surface area contributed by atoms with Gasteiger partial charge >= 0.3 is 5.97 Å². The maximum absolute atomic E-state index is 14.0. The van der Waals surface area contributed by atoms with Crippen LogP contribution in [0.5, 0.6) is 17.2 Å². The van der Waals surface area contributed by atoms with Gasteiger partial charge in [-0.25, -0.2) is 4.90 Å². The summed E-state index contributed by atoms with van der Waals surface area (Å²) >= 11 is 6.48. The van der Waals surface area contributed by atoms with E-state index in [4.69, 9.17) is 25.8 Å². The van der Waals surface area contributed by atoms with Gasteiger partial charge in [0.15, 0.2) is 0 Å². The van der Waals surface area contributed by atoms with Crippen LogP contribution in [0.2, 0.25) is 5.02 Å². The Morgan fingerprint density at radius 3 is 2.08 bits per heavy atom. The van der Waals surface area contributed by atoms with Crippen LogP contribution >= 0.6 is 11.6 Å². The van der Waals surface area contributed by atoms with Crippen molar-refractivity contribution in [3.8, 4) is 17.2 Å². The van der Waals surface area contributed by atoms with Crippen LogP contribution in [0.3, 0.4) is 0 Å². The van der Waals surface area contributed by atoms with Crippen molar-refractivity contribution >= 4 is 45.8 Å². The summed E-state index contributed by atoms with van der Waals surface area (Å²) < 4.78 is 17.5. The fourth-order valence-electron chi connectivity index (χ4n) is 4.45. The standard InChI is InChI=1S/C30H24ClNO6/c1-17(2)37-28-22-12-8-7-11-21(22)27(36-16-19-9-5-4-6-10-19)25-26(28)30(35)32(29(25)34)24-14-13-20(15-23(24)31)38-18(3)33/h4-15,17H,16H2,1-3H3. The zero-order chi connectivity index (χ0) is 27.0. The van der Waals surface area contributed by atoms with Crippen LogP contribution in [0.4, 0.5) is 5.69 Å². The lowest BCUT2D eigenvalue weighted by molar-refractivity contribution is -0.131. The molecule has 0 unspecified atom stereocenters. The summed E-state index contributed by atoms with van der Waals surface area (Å²) in [5, 5.41) is 1.38. The summed E-state index contributed by atoms with van der Waals surface area (Å²) in [5.74, 6) is -0.885. The van der Waals surface area contributed by atoms with Crippen LogP contribution in [0.1, 0.15) is 47.1 Å². The van der Waals surface area contributed by atoms with Gasteiger partial charge < -0.3 is 14.2 Å². The van der Waals surface area contributed by atoms with Crippen LogP contribution in [0, 0.1) is 0 Å². The lowest BCUT2D eigenvalue weighted by Gasteiger charge is -2.19. The van der Waals surface area contributed by atoms with Crippen molar-refractivity contribution in [3.05, 3.63) is 94.5 Å². The molecule has 0 radical (unpaired) electrons. The molecule has 0 bridgehead atoms. The van der Waals surface area contributed by atoms with E-state index < -0.39 is 17.8 Å². The summed E-state index contributed by atoms with van der Waals surface area (Å²) in [6.45, 7) is 5.17. The van der Waals surface area contributed by atoms with Crippen LogP contribution in [-0.4, -0.2) is 23.9 Å². The number of rotatable bonds is 7. The predicted molar refractivity (Wildman–Crippen MR) is 144 cm³/mol. The van der Waals surface area contributed by atoms with Crippen LogP contribution in [0.25, 0.3) is 10.8 Å². The van der Waals surface area contributed by atoms with Crippen molar-refractivity contribution < 1.29 is 28.6 Å². The van der Waals surface area contributed by atoms with Crippen LogP contribution in [0.15, 0.2) is 72.8 Å². The molecule has 0 saturated carbocycles. The Kier molecular flexibility index (Phi) is 6.78. The number of anilines is 1. The van der Waals surface area contributed by atoms with Gasteiger partial charge in [-0.05, 0) is 31.5 Å². The van der Waals surface area contributed by atoms with Crippen molar-refractivity contribution in [2.24, 2.45) is 0 Å². The molecule has 1 aliphatic rings. The Bertz CT molecular complexity index is 1580. The minimum atomic E-state index is -0.588. The molecule has 0 aliphatic carbocycles. The lowest BCUT2D eigenvalue weighted by atomic mass is 9.98. The monoisotopic (exact) mass is 529 g/mol. The summed E-state index contributed by atoms with van der Waals surface area (Å²) in [6.07, 6.45) is -0.262. The largest absolute Gasteiger partial charge is 0.489 e. The van der Waals surface area contributed by atoms with Gasteiger partial charge in [-0.1, -0.05) is 66.2 Å². The second-order valence-corrected chi connectivity index (χ2v) is 9.45. The van der Waals surface area contributed by atoms with Crippen molar-refractivity contribution in [1.29, 1.82) is 0 Å². The maximum Gasteiger partial charge on any atom is 0.308 e. The molecule has 2 amide bonds. The van der Waals surface area contributed by atoms with Crippen LogP contribution in [-0.2, 0) is 11.4 Å². The van der Waals surface area contributed by atoms with E-state index in [0.717, 1.165) is 10.5 Å². The Balaban J connectivity index is 1.69. The zero-order valence-corrected chi connectivity index (χ0v) is 21.7. The summed E-state index contributed by atoms with van der Waals surface area (Å²) in [7, 11) is 0. The van der Waals surface area contributed by atoms with Gasteiger partial charge in [0.05, 0.1) is 27.9 Å². The first-order chi connectivity index (χ1) is 18.3. The SMILES string of the molecule is CC(=O)Oc1ccc(N2C(=O)c3c(c(OC(C)C)c4ccccc4c3OCc3ccccc3)C2=O)c(Cl)c1. The van der Waals surface area contributed by atoms with Gasteiger partial charge in [0.25, 0.3) is 11.8 Å². The number of hydrogen-bond donors (Lipinski definition) is 0. The molecule has 8 heteroatoms. The molecule has 192 valence electrons. The molecule has 0 atom stereocenters. The van der Waals surface area contributed by atoms with Crippen molar-refractivity contribution in [2.75, 3.05) is 4.90 Å². The molecule has 38 heavy (non-hydrogen) atoms. The summed E-state index contributed by atoms with van der Waals surface area (Å²) in [4.78, 5) is 40.2. The van der Waals surface area contributed by atoms with Gasteiger partial charge in [-0.2, -0.15) is 0 Å². The second-order valence-electron chi connectivity index (χ2n) is 9.05. The van der Waals surface area contributed by atoms with E-state index in [9.17, 15) is 14.4 Å². The van der Waals surface area contributed by atoms with Gasteiger partial charge in [0.1, 0.15) is 23.9 Å². The third-order valence-electron chi connectivity index (χ3n) is 5.96.